The summed E-state index contributed by atoms with van der Waals surface area (Å²) in [6, 6.07) is 7.65. The highest BCUT2D eigenvalue weighted by Crippen LogP contribution is 2.50. The fourth-order valence-corrected chi connectivity index (χ4v) is 3.47. The zero-order chi connectivity index (χ0) is 15.6. The second kappa shape index (κ2) is 6.19. The summed E-state index contributed by atoms with van der Waals surface area (Å²) in [5.41, 5.74) is 0.223. The maximum Gasteiger partial charge on any atom is 0.223 e. The van der Waals surface area contributed by atoms with Crippen molar-refractivity contribution in [3.05, 3.63) is 24.3 Å². The molecule has 1 heterocycles. The first-order valence-corrected chi connectivity index (χ1v) is 8.16. The van der Waals surface area contributed by atoms with Crippen molar-refractivity contribution in [2.75, 3.05) is 26.8 Å². The average Bonchev–Trinajstić information content (AvgIpc) is 3.32. The van der Waals surface area contributed by atoms with Crippen molar-refractivity contribution < 1.29 is 14.3 Å². The third-order valence-corrected chi connectivity index (χ3v) is 4.92. The normalized spacial score (nSPS) is 24.6. The average molecular weight is 303 g/mol. The molecule has 120 valence electrons. The van der Waals surface area contributed by atoms with Crippen LogP contribution in [0.25, 0.3) is 0 Å². The van der Waals surface area contributed by atoms with E-state index in [2.05, 4.69) is 6.92 Å². The van der Waals surface area contributed by atoms with Crippen LogP contribution in [0.1, 0.15) is 32.6 Å². The van der Waals surface area contributed by atoms with Gasteiger partial charge in [-0.2, -0.15) is 0 Å². The minimum Gasteiger partial charge on any atom is -0.493 e. The summed E-state index contributed by atoms with van der Waals surface area (Å²) in [4.78, 5) is 14.2. The van der Waals surface area contributed by atoms with E-state index >= 15 is 0 Å². The second-order valence-corrected chi connectivity index (χ2v) is 6.77. The molecule has 4 heteroatoms. The molecule has 1 saturated carbocycles. The van der Waals surface area contributed by atoms with E-state index in [-0.39, 0.29) is 5.41 Å². The van der Waals surface area contributed by atoms with E-state index < -0.39 is 0 Å². The van der Waals surface area contributed by atoms with Crippen molar-refractivity contribution in [2.24, 2.45) is 11.3 Å². The Balaban J connectivity index is 1.44. The minimum absolute atomic E-state index is 0.223. The van der Waals surface area contributed by atoms with Gasteiger partial charge in [0.2, 0.25) is 5.91 Å². The predicted octanol–water partition coefficient (Wildman–Crippen LogP) is 3.11. The van der Waals surface area contributed by atoms with Crippen LogP contribution in [0.5, 0.6) is 11.5 Å². The van der Waals surface area contributed by atoms with Gasteiger partial charge in [0.15, 0.2) is 11.5 Å². The number of hydrogen-bond acceptors (Lipinski definition) is 3. The first-order chi connectivity index (χ1) is 10.6. The Morgan fingerprint density at radius 3 is 2.68 bits per heavy atom. The van der Waals surface area contributed by atoms with Gasteiger partial charge in [-0.25, -0.2) is 0 Å². The summed E-state index contributed by atoms with van der Waals surface area (Å²) >= 11 is 0. The summed E-state index contributed by atoms with van der Waals surface area (Å²) in [5.74, 6) is 2.60. The molecule has 3 rings (SSSR count). The fourth-order valence-electron chi connectivity index (χ4n) is 3.47. The van der Waals surface area contributed by atoms with E-state index in [0.29, 0.717) is 12.5 Å². The van der Waals surface area contributed by atoms with Crippen molar-refractivity contribution in [2.45, 2.75) is 32.6 Å². The Morgan fingerprint density at radius 2 is 2.00 bits per heavy atom. The third-order valence-electron chi connectivity index (χ3n) is 4.92. The van der Waals surface area contributed by atoms with E-state index in [0.717, 1.165) is 43.3 Å². The van der Waals surface area contributed by atoms with Gasteiger partial charge in [0.1, 0.15) is 0 Å². The highest BCUT2D eigenvalue weighted by Gasteiger charge is 2.48. The van der Waals surface area contributed by atoms with Crippen LogP contribution in [0.3, 0.4) is 0 Å². The minimum atomic E-state index is 0.223. The maximum atomic E-state index is 12.2. The standard InChI is InChI=1S/C18H25NO3/c1-18(14-8-9-14)12-17(20)19(13-18)10-5-11-22-16-7-4-3-6-15(16)21-2/h3-4,6-7,14H,5,8-13H2,1-2H3/t18-/m0/s1. The Kier molecular flexibility index (Phi) is 4.27. The maximum absolute atomic E-state index is 12.2. The van der Waals surface area contributed by atoms with Gasteiger partial charge < -0.3 is 14.4 Å². The van der Waals surface area contributed by atoms with E-state index in [1.807, 2.05) is 29.2 Å². The van der Waals surface area contributed by atoms with Crippen LogP contribution >= 0.6 is 0 Å². The first kappa shape index (κ1) is 15.2. The Hall–Kier alpha value is -1.71. The number of methoxy groups -OCH3 is 1. The molecule has 1 aromatic carbocycles. The molecule has 0 radical (unpaired) electrons. The van der Waals surface area contributed by atoms with Crippen LogP contribution in [0.2, 0.25) is 0 Å². The molecule has 1 aromatic rings. The van der Waals surface area contributed by atoms with E-state index in [9.17, 15) is 4.79 Å². The zero-order valence-electron chi connectivity index (χ0n) is 13.5. The van der Waals surface area contributed by atoms with Crippen LogP contribution in [0, 0.1) is 11.3 Å². The van der Waals surface area contributed by atoms with E-state index in [1.165, 1.54) is 12.8 Å². The smallest absolute Gasteiger partial charge is 0.223 e. The molecule has 1 atom stereocenters. The molecule has 2 aliphatic rings. The molecule has 0 unspecified atom stereocenters. The number of hydrogen-bond donors (Lipinski definition) is 0. The predicted molar refractivity (Wildman–Crippen MR) is 85.1 cm³/mol. The Labute approximate surface area is 132 Å². The van der Waals surface area contributed by atoms with Gasteiger partial charge in [-0.1, -0.05) is 19.1 Å². The number of carbonyl (C=O) groups excluding carboxylic acids is 1. The lowest BCUT2D eigenvalue weighted by Crippen LogP contribution is -2.29. The van der Waals surface area contributed by atoms with Crippen molar-refractivity contribution in [3.63, 3.8) is 0 Å². The molecule has 1 amide bonds. The number of rotatable bonds is 7. The number of carbonyl (C=O) groups is 1. The largest absolute Gasteiger partial charge is 0.493 e. The lowest BCUT2D eigenvalue weighted by atomic mass is 9.84. The van der Waals surface area contributed by atoms with Crippen LogP contribution < -0.4 is 9.47 Å². The monoisotopic (exact) mass is 303 g/mol. The second-order valence-electron chi connectivity index (χ2n) is 6.77. The van der Waals surface area contributed by atoms with Crippen molar-refractivity contribution in [1.82, 2.24) is 4.90 Å². The van der Waals surface area contributed by atoms with E-state index in [1.54, 1.807) is 7.11 Å². The number of benzene rings is 1. The first-order valence-electron chi connectivity index (χ1n) is 8.16. The molecule has 1 aliphatic carbocycles. The van der Waals surface area contributed by atoms with Gasteiger partial charge in [0, 0.05) is 19.5 Å². The van der Waals surface area contributed by atoms with Gasteiger partial charge >= 0.3 is 0 Å². The fraction of sp³-hybridized carbons (Fsp3) is 0.611. The summed E-state index contributed by atoms with van der Waals surface area (Å²) in [6.07, 6.45) is 4.18. The lowest BCUT2D eigenvalue weighted by molar-refractivity contribution is -0.127. The van der Waals surface area contributed by atoms with Crippen LogP contribution in [-0.2, 0) is 4.79 Å². The lowest BCUT2D eigenvalue weighted by Gasteiger charge is -2.23. The van der Waals surface area contributed by atoms with Crippen LogP contribution in [0.4, 0.5) is 0 Å². The van der Waals surface area contributed by atoms with Crippen LogP contribution in [0.15, 0.2) is 24.3 Å². The van der Waals surface area contributed by atoms with Gasteiger partial charge in [0.25, 0.3) is 0 Å². The molecule has 1 aliphatic heterocycles. The number of nitrogens with zero attached hydrogens (tertiary/aromatic N) is 1. The molecule has 4 nitrogen and oxygen atoms in total. The molecule has 2 fully saturated rings. The quantitative estimate of drug-likeness (QED) is 0.727. The summed E-state index contributed by atoms with van der Waals surface area (Å²) in [5, 5.41) is 0. The molecular weight excluding hydrogens is 278 g/mol. The topological polar surface area (TPSA) is 38.8 Å². The Morgan fingerprint density at radius 1 is 1.27 bits per heavy atom. The number of para-hydroxylation sites is 2. The summed E-state index contributed by atoms with van der Waals surface area (Å²) in [6.45, 7) is 4.58. The Bertz CT molecular complexity index is 541. The molecule has 0 N–H and O–H groups in total. The third kappa shape index (κ3) is 3.21. The number of amides is 1. The highest BCUT2D eigenvalue weighted by molar-refractivity contribution is 5.79. The molecule has 0 aromatic heterocycles. The van der Waals surface area contributed by atoms with Gasteiger partial charge in [-0.15, -0.1) is 0 Å². The highest BCUT2D eigenvalue weighted by atomic mass is 16.5. The van der Waals surface area contributed by atoms with Crippen molar-refractivity contribution >= 4 is 5.91 Å². The molecular formula is C18H25NO3. The molecule has 0 bridgehead atoms. The summed E-state index contributed by atoms with van der Waals surface area (Å²) < 4.78 is 11.0. The van der Waals surface area contributed by atoms with Crippen LogP contribution in [-0.4, -0.2) is 37.6 Å². The van der Waals surface area contributed by atoms with Gasteiger partial charge in [-0.05, 0) is 42.7 Å². The SMILES string of the molecule is COc1ccccc1OCCCN1C[C@@](C)(C2CC2)CC1=O. The van der Waals surface area contributed by atoms with Gasteiger partial charge in [-0.3, -0.25) is 4.79 Å². The molecule has 1 saturated heterocycles. The molecule has 22 heavy (non-hydrogen) atoms. The van der Waals surface area contributed by atoms with E-state index in [4.69, 9.17) is 9.47 Å². The van der Waals surface area contributed by atoms with Gasteiger partial charge in [0.05, 0.1) is 13.7 Å². The zero-order valence-corrected chi connectivity index (χ0v) is 13.5. The van der Waals surface area contributed by atoms with Crippen molar-refractivity contribution in [3.8, 4) is 11.5 Å². The number of likely N-dealkylation sites (tertiary alicyclic amines) is 1. The number of ether oxygens (including phenoxy) is 2. The van der Waals surface area contributed by atoms with Crippen molar-refractivity contribution in [1.29, 1.82) is 0 Å². The molecule has 0 spiro atoms. The summed E-state index contributed by atoms with van der Waals surface area (Å²) in [7, 11) is 1.64.